The van der Waals surface area contributed by atoms with Gasteiger partial charge in [-0.15, -0.1) is 11.6 Å². The highest BCUT2D eigenvalue weighted by atomic mass is 35.5. The van der Waals surface area contributed by atoms with Gasteiger partial charge >= 0.3 is 0 Å². The minimum atomic E-state index is -0.691. The Morgan fingerprint density at radius 3 is 2.13 bits per heavy atom. The number of benzene rings is 3. The third kappa shape index (κ3) is 5.37. The summed E-state index contributed by atoms with van der Waals surface area (Å²) in [6.45, 7) is 0.502. The van der Waals surface area contributed by atoms with Crippen LogP contribution in [0.15, 0.2) is 96.2 Å². The molecule has 4 aromatic rings. The van der Waals surface area contributed by atoms with Crippen molar-refractivity contribution in [3.8, 4) is 22.5 Å². The SMILES string of the molecule is O=C(NCCSc1nc(-c2ccccc2)c(-c2ccccc2)[nH]1)C(Cl)c1ccccc1. The minimum Gasteiger partial charge on any atom is -0.354 e. The Hall–Kier alpha value is -3.02. The summed E-state index contributed by atoms with van der Waals surface area (Å²) in [4.78, 5) is 20.6. The molecule has 31 heavy (non-hydrogen) atoms. The van der Waals surface area contributed by atoms with Crippen molar-refractivity contribution in [2.24, 2.45) is 0 Å². The number of hydrogen-bond donors (Lipinski definition) is 2. The van der Waals surface area contributed by atoms with Gasteiger partial charge in [-0.1, -0.05) is 103 Å². The van der Waals surface area contributed by atoms with Crippen molar-refractivity contribution in [1.82, 2.24) is 15.3 Å². The second-order valence-corrected chi connectivity index (χ2v) is 8.43. The molecule has 2 N–H and O–H groups in total. The van der Waals surface area contributed by atoms with E-state index in [9.17, 15) is 4.79 Å². The zero-order valence-electron chi connectivity index (χ0n) is 16.8. The number of nitrogens with one attached hydrogen (secondary N) is 2. The van der Waals surface area contributed by atoms with Gasteiger partial charge in [-0.2, -0.15) is 0 Å². The number of hydrogen-bond acceptors (Lipinski definition) is 3. The average molecular weight is 448 g/mol. The second kappa shape index (κ2) is 10.3. The van der Waals surface area contributed by atoms with E-state index >= 15 is 0 Å². The van der Waals surface area contributed by atoms with Gasteiger partial charge < -0.3 is 10.3 Å². The Morgan fingerprint density at radius 2 is 1.48 bits per heavy atom. The highest BCUT2D eigenvalue weighted by Gasteiger charge is 2.17. The quantitative estimate of drug-likeness (QED) is 0.200. The topological polar surface area (TPSA) is 57.8 Å². The lowest BCUT2D eigenvalue weighted by atomic mass is 10.1. The van der Waals surface area contributed by atoms with Crippen molar-refractivity contribution in [2.45, 2.75) is 10.5 Å². The van der Waals surface area contributed by atoms with E-state index in [0.717, 1.165) is 33.2 Å². The summed E-state index contributed by atoms with van der Waals surface area (Å²) in [6, 6.07) is 29.7. The number of aromatic amines is 1. The number of aromatic nitrogens is 2. The van der Waals surface area contributed by atoms with Gasteiger partial charge in [0, 0.05) is 23.4 Å². The maximum atomic E-state index is 12.3. The van der Waals surface area contributed by atoms with E-state index < -0.39 is 5.38 Å². The van der Waals surface area contributed by atoms with Crippen LogP contribution in [0.4, 0.5) is 0 Å². The van der Waals surface area contributed by atoms with Crippen LogP contribution in [0.2, 0.25) is 0 Å². The Morgan fingerprint density at radius 1 is 0.903 bits per heavy atom. The Balaban J connectivity index is 1.41. The molecule has 0 saturated heterocycles. The number of nitrogens with zero attached hydrogens (tertiary/aromatic N) is 1. The molecule has 1 unspecified atom stereocenters. The average Bonchev–Trinajstić information content (AvgIpc) is 3.27. The zero-order chi connectivity index (χ0) is 21.5. The molecule has 0 radical (unpaired) electrons. The van der Waals surface area contributed by atoms with Crippen LogP contribution in [0.25, 0.3) is 22.5 Å². The first-order chi connectivity index (χ1) is 15.2. The summed E-state index contributed by atoms with van der Waals surface area (Å²) in [6.07, 6.45) is 0. The molecule has 1 atom stereocenters. The van der Waals surface area contributed by atoms with Gasteiger partial charge in [0.05, 0.1) is 11.4 Å². The van der Waals surface area contributed by atoms with Gasteiger partial charge in [0.25, 0.3) is 0 Å². The van der Waals surface area contributed by atoms with Crippen molar-refractivity contribution < 1.29 is 4.79 Å². The summed E-state index contributed by atoms with van der Waals surface area (Å²) in [5, 5.41) is 3.03. The molecule has 3 aromatic carbocycles. The highest BCUT2D eigenvalue weighted by Crippen LogP contribution is 2.32. The molecule has 0 aliphatic carbocycles. The van der Waals surface area contributed by atoms with Crippen LogP contribution in [0.5, 0.6) is 0 Å². The molecule has 0 bridgehead atoms. The fourth-order valence-electron chi connectivity index (χ4n) is 3.22. The standard InChI is InChI=1S/C25H22ClN3OS/c26-21(18-10-4-1-5-11-18)24(30)27-16-17-31-25-28-22(19-12-6-2-7-13-19)23(29-25)20-14-8-3-9-15-20/h1-15,21H,16-17H2,(H,27,30)(H,28,29). The maximum Gasteiger partial charge on any atom is 0.242 e. The molecule has 1 aromatic heterocycles. The van der Waals surface area contributed by atoms with Gasteiger partial charge in [-0.3, -0.25) is 4.79 Å². The van der Waals surface area contributed by atoms with Gasteiger partial charge in [-0.25, -0.2) is 4.98 Å². The van der Waals surface area contributed by atoms with Crippen molar-refractivity contribution in [3.05, 3.63) is 96.6 Å². The molecule has 4 rings (SSSR count). The van der Waals surface area contributed by atoms with Gasteiger partial charge in [0.15, 0.2) is 5.16 Å². The molecule has 1 amide bonds. The van der Waals surface area contributed by atoms with E-state index in [1.807, 2.05) is 66.7 Å². The Bertz CT molecular complexity index is 1060. The summed E-state index contributed by atoms with van der Waals surface area (Å²) >= 11 is 7.84. The third-order valence-electron chi connectivity index (χ3n) is 4.75. The number of imidazole rings is 1. The highest BCUT2D eigenvalue weighted by molar-refractivity contribution is 7.99. The molecule has 0 saturated carbocycles. The number of alkyl halides is 1. The van der Waals surface area contributed by atoms with E-state index in [1.165, 1.54) is 0 Å². The maximum absolute atomic E-state index is 12.3. The number of amides is 1. The van der Waals surface area contributed by atoms with Crippen LogP contribution < -0.4 is 5.32 Å². The van der Waals surface area contributed by atoms with E-state index in [0.29, 0.717) is 12.3 Å². The molecule has 0 spiro atoms. The summed E-state index contributed by atoms with van der Waals surface area (Å²) in [7, 11) is 0. The van der Waals surface area contributed by atoms with Crippen molar-refractivity contribution >= 4 is 29.3 Å². The normalized spacial score (nSPS) is 11.8. The molecule has 0 aliphatic rings. The zero-order valence-corrected chi connectivity index (χ0v) is 18.4. The largest absolute Gasteiger partial charge is 0.354 e. The molecule has 4 nitrogen and oxygen atoms in total. The van der Waals surface area contributed by atoms with E-state index in [2.05, 4.69) is 34.6 Å². The fourth-order valence-corrected chi connectivity index (χ4v) is 4.17. The Kier molecular flexibility index (Phi) is 7.07. The van der Waals surface area contributed by atoms with Gasteiger partial charge in [-0.05, 0) is 5.56 Å². The first-order valence-corrected chi connectivity index (χ1v) is 11.4. The van der Waals surface area contributed by atoms with Crippen LogP contribution in [0.3, 0.4) is 0 Å². The van der Waals surface area contributed by atoms with Crippen LogP contribution in [-0.4, -0.2) is 28.2 Å². The second-order valence-electron chi connectivity index (χ2n) is 6.91. The van der Waals surface area contributed by atoms with E-state index in [4.69, 9.17) is 16.6 Å². The van der Waals surface area contributed by atoms with Crippen LogP contribution in [0, 0.1) is 0 Å². The minimum absolute atomic E-state index is 0.192. The molecule has 156 valence electrons. The van der Waals surface area contributed by atoms with Crippen molar-refractivity contribution in [1.29, 1.82) is 0 Å². The van der Waals surface area contributed by atoms with Gasteiger partial charge in [0.2, 0.25) is 5.91 Å². The van der Waals surface area contributed by atoms with E-state index in [-0.39, 0.29) is 5.91 Å². The number of halogens is 1. The molecule has 0 aliphatic heterocycles. The third-order valence-corrected chi connectivity index (χ3v) is 6.08. The first kappa shape index (κ1) is 21.2. The molecule has 1 heterocycles. The molecular weight excluding hydrogens is 426 g/mol. The summed E-state index contributed by atoms with van der Waals surface area (Å²) < 4.78 is 0. The number of thioether (sulfide) groups is 1. The summed E-state index contributed by atoms with van der Waals surface area (Å²) in [5.74, 6) is 0.489. The van der Waals surface area contributed by atoms with Crippen LogP contribution in [-0.2, 0) is 4.79 Å². The Labute approximate surface area is 191 Å². The lowest BCUT2D eigenvalue weighted by Gasteiger charge is -2.10. The molecular formula is C25H22ClN3OS. The number of rotatable bonds is 8. The lowest BCUT2D eigenvalue weighted by molar-refractivity contribution is -0.120. The van der Waals surface area contributed by atoms with Crippen molar-refractivity contribution in [2.75, 3.05) is 12.3 Å². The summed E-state index contributed by atoms with van der Waals surface area (Å²) in [5.41, 5.74) is 4.85. The van der Waals surface area contributed by atoms with Crippen LogP contribution >= 0.6 is 23.4 Å². The number of carbonyl (C=O) groups excluding carboxylic acids is 1. The fraction of sp³-hybridized carbons (Fsp3) is 0.120. The smallest absolute Gasteiger partial charge is 0.242 e. The van der Waals surface area contributed by atoms with E-state index in [1.54, 1.807) is 11.8 Å². The van der Waals surface area contributed by atoms with Gasteiger partial charge in [0.1, 0.15) is 5.38 Å². The van der Waals surface area contributed by atoms with Crippen molar-refractivity contribution in [3.63, 3.8) is 0 Å². The lowest BCUT2D eigenvalue weighted by Crippen LogP contribution is -2.29. The molecule has 6 heteroatoms. The molecule has 0 fully saturated rings. The monoisotopic (exact) mass is 447 g/mol. The number of H-pyrrole nitrogens is 1. The first-order valence-electron chi connectivity index (χ1n) is 10.0. The van der Waals surface area contributed by atoms with Crippen LogP contribution in [0.1, 0.15) is 10.9 Å². The predicted octanol–water partition coefficient (Wildman–Crippen LogP) is 5.93. The predicted molar refractivity (Wildman–Crippen MR) is 128 cm³/mol. The number of carbonyl (C=O) groups is 1.